The zero-order chi connectivity index (χ0) is 14.6. The van der Waals surface area contributed by atoms with Crippen molar-refractivity contribution in [1.29, 1.82) is 0 Å². The Hall–Kier alpha value is -1.84. The Labute approximate surface area is 119 Å². The highest BCUT2D eigenvalue weighted by molar-refractivity contribution is 5.99. The number of rotatable bonds is 6. The Morgan fingerprint density at radius 1 is 1.35 bits per heavy atom. The second-order valence-corrected chi connectivity index (χ2v) is 5.31. The van der Waals surface area contributed by atoms with E-state index in [1.165, 1.54) is 4.90 Å². The molecule has 0 N–H and O–H groups in total. The molecule has 4 nitrogen and oxygen atoms in total. The van der Waals surface area contributed by atoms with Gasteiger partial charge in [0.05, 0.1) is 13.0 Å². The van der Waals surface area contributed by atoms with Crippen molar-refractivity contribution in [1.82, 2.24) is 4.90 Å². The number of hydrogen-bond acceptors (Lipinski definition) is 3. The minimum atomic E-state index is -0.813. The lowest BCUT2D eigenvalue weighted by atomic mass is 9.79. The third kappa shape index (κ3) is 2.69. The van der Waals surface area contributed by atoms with Gasteiger partial charge in [0.15, 0.2) is 5.54 Å². The van der Waals surface area contributed by atoms with Crippen LogP contribution in [0.25, 0.3) is 0 Å². The largest absolute Gasteiger partial charge is 0.464 e. The molecule has 0 spiro atoms. The van der Waals surface area contributed by atoms with Gasteiger partial charge >= 0.3 is 5.97 Å². The van der Waals surface area contributed by atoms with Gasteiger partial charge < -0.3 is 9.64 Å². The van der Waals surface area contributed by atoms with Crippen LogP contribution in [0.3, 0.4) is 0 Å². The quantitative estimate of drug-likeness (QED) is 0.454. The molecule has 0 aliphatic carbocycles. The summed E-state index contributed by atoms with van der Waals surface area (Å²) in [6.07, 6.45) is 2.59. The molecule has 0 saturated carbocycles. The van der Waals surface area contributed by atoms with Gasteiger partial charge in [0.2, 0.25) is 5.91 Å². The van der Waals surface area contributed by atoms with Crippen molar-refractivity contribution in [3.8, 4) is 0 Å². The van der Waals surface area contributed by atoms with E-state index in [4.69, 9.17) is 4.74 Å². The molecule has 1 atom stereocenters. The molecule has 1 amide bonds. The number of carbonyl (C=O) groups is 2. The molecule has 1 aromatic rings. The highest BCUT2D eigenvalue weighted by Crippen LogP contribution is 2.35. The lowest BCUT2D eigenvalue weighted by Crippen LogP contribution is -2.67. The lowest BCUT2D eigenvalue weighted by molar-refractivity contribution is -0.177. The predicted octanol–water partition coefficient (Wildman–Crippen LogP) is 2.17. The van der Waals surface area contributed by atoms with Crippen LogP contribution in [0.4, 0.5) is 0 Å². The molecule has 20 heavy (non-hydrogen) atoms. The molecule has 0 aromatic heterocycles. The number of likely N-dealkylation sites (tertiary alicyclic amines) is 1. The summed E-state index contributed by atoms with van der Waals surface area (Å²) in [6, 6.07) is 9.75. The third-order valence-corrected chi connectivity index (χ3v) is 3.91. The van der Waals surface area contributed by atoms with E-state index in [9.17, 15) is 9.59 Å². The number of benzene rings is 1. The van der Waals surface area contributed by atoms with Crippen molar-refractivity contribution in [3.05, 3.63) is 35.9 Å². The molecule has 0 bridgehead atoms. The maximum Gasteiger partial charge on any atom is 0.332 e. The first-order valence-corrected chi connectivity index (χ1v) is 7.08. The van der Waals surface area contributed by atoms with Gasteiger partial charge in [0.1, 0.15) is 0 Å². The maximum atomic E-state index is 12.4. The van der Waals surface area contributed by atoms with Crippen LogP contribution in [0.2, 0.25) is 0 Å². The molecule has 1 heterocycles. The molecule has 1 unspecified atom stereocenters. The number of carbonyl (C=O) groups excluding carboxylic acids is 2. The molecule has 1 aliphatic heterocycles. The predicted molar refractivity (Wildman–Crippen MR) is 76.1 cm³/mol. The van der Waals surface area contributed by atoms with Crippen molar-refractivity contribution in [2.45, 2.75) is 38.1 Å². The molecule has 108 valence electrons. The number of hydrogen-bond donors (Lipinski definition) is 0. The highest BCUT2D eigenvalue weighted by atomic mass is 16.5. The second-order valence-electron chi connectivity index (χ2n) is 5.31. The summed E-state index contributed by atoms with van der Waals surface area (Å²) in [7, 11) is 1.68. The zero-order valence-electron chi connectivity index (χ0n) is 12.1. The van der Waals surface area contributed by atoms with Gasteiger partial charge in [-0.3, -0.25) is 4.79 Å². The average molecular weight is 275 g/mol. The van der Waals surface area contributed by atoms with Gasteiger partial charge in [-0.15, -0.1) is 0 Å². The van der Waals surface area contributed by atoms with Gasteiger partial charge in [0, 0.05) is 13.5 Å². The summed E-state index contributed by atoms with van der Waals surface area (Å²) in [5.74, 6) is -0.287. The number of ether oxygens (including phenoxy) is 1. The molecule has 1 aliphatic rings. The van der Waals surface area contributed by atoms with Crippen LogP contribution in [-0.2, 0) is 20.7 Å². The minimum absolute atomic E-state index is 0.00614. The molecule has 1 aromatic carbocycles. The van der Waals surface area contributed by atoms with E-state index in [1.807, 2.05) is 37.3 Å². The normalized spacial score (nSPS) is 21.5. The number of unbranched alkanes of at least 4 members (excludes halogenated alkanes) is 1. The van der Waals surface area contributed by atoms with Crippen LogP contribution in [0.5, 0.6) is 0 Å². The van der Waals surface area contributed by atoms with Crippen LogP contribution in [0.15, 0.2) is 30.3 Å². The van der Waals surface area contributed by atoms with E-state index in [-0.39, 0.29) is 18.3 Å². The first-order valence-electron chi connectivity index (χ1n) is 7.08. The number of esters is 1. The lowest BCUT2D eigenvalue weighted by Gasteiger charge is -2.47. The third-order valence-electron chi connectivity index (χ3n) is 3.91. The van der Waals surface area contributed by atoms with E-state index in [1.54, 1.807) is 7.05 Å². The zero-order valence-corrected chi connectivity index (χ0v) is 12.1. The van der Waals surface area contributed by atoms with Gasteiger partial charge in [-0.05, 0) is 12.0 Å². The van der Waals surface area contributed by atoms with Crippen LogP contribution < -0.4 is 0 Å². The summed E-state index contributed by atoms with van der Waals surface area (Å²) < 4.78 is 5.35. The van der Waals surface area contributed by atoms with E-state index >= 15 is 0 Å². The Balaban J connectivity index is 2.11. The maximum absolute atomic E-state index is 12.4. The Morgan fingerprint density at radius 2 is 2.05 bits per heavy atom. The first-order chi connectivity index (χ1) is 9.60. The van der Waals surface area contributed by atoms with Gasteiger partial charge in [0.25, 0.3) is 0 Å². The van der Waals surface area contributed by atoms with Gasteiger partial charge in [-0.2, -0.15) is 0 Å². The molecule has 1 fully saturated rings. The van der Waals surface area contributed by atoms with E-state index in [2.05, 4.69) is 0 Å². The van der Waals surface area contributed by atoms with Crippen molar-refractivity contribution in [2.75, 3.05) is 13.7 Å². The Kier molecular flexibility index (Phi) is 4.42. The van der Waals surface area contributed by atoms with Gasteiger partial charge in [-0.1, -0.05) is 43.7 Å². The molecule has 1 saturated heterocycles. The Bertz CT molecular complexity index is 486. The molecular formula is C16H21NO3. The number of β-lactam (4-membered cyclic amide) rings is 1. The highest BCUT2D eigenvalue weighted by Gasteiger charge is 2.55. The summed E-state index contributed by atoms with van der Waals surface area (Å²) in [5, 5.41) is 0. The van der Waals surface area contributed by atoms with E-state index in [0.29, 0.717) is 13.0 Å². The molecule has 0 radical (unpaired) electrons. The standard InChI is InChI=1S/C16H21NO3/c1-3-4-10-20-15(19)16(12-14(18)17(16)2)11-13-8-6-5-7-9-13/h5-9H,3-4,10-12H2,1-2H3. The fourth-order valence-electron chi connectivity index (χ4n) is 2.47. The fourth-order valence-corrected chi connectivity index (χ4v) is 2.47. The molecule has 4 heteroatoms. The summed E-state index contributed by atoms with van der Waals surface area (Å²) in [5.41, 5.74) is 0.228. The van der Waals surface area contributed by atoms with Crippen LogP contribution >= 0.6 is 0 Å². The van der Waals surface area contributed by atoms with Crippen LogP contribution in [0.1, 0.15) is 31.7 Å². The monoisotopic (exact) mass is 275 g/mol. The Morgan fingerprint density at radius 3 is 2.60 bits per heavy atom. The fraction of sp³-hybridized carbons (Fsp3) is 0.500. The topological polar surface area (TPSA) is 46.6 Å². The second kappa shape index (κ2) is 6.07. The van der Waals surface area contributed by atoms with Crippen LogP contribution in [-0.4, -0.2) is 36.0 Å². The summed E-state index contributed by atoms with van der Waals surface area (Å²) >= 11 is 0. The first kappa shape index (κ1) is 14.6. The summed E-state index contributed by atoms with van der Waals surface area (Å²) in [4.78, 5) is 25.5. The number of amides is 1. The average Bonchev–Trinajstić information content (AvgIpc) is 2.47. The smallest absolute Gasteiger partial charge is 0.332 e. The SMILES string of the molecule is CCCCOC(=O)C1(Cc2ccccc2)CC(=O)N1C. The van der Waals surface area contributed by atoms with E-state index in [0.717, 1.165) is 18.4 Å². The minimum Gasteiger partial charge on any atom is -0.464 e. The molecular weight excluding hydrogens is 254 g/mol. The van der Waals surface area contributed by atoms with Crippen LogP contribution in [0, 0.1) is 0 Å². The van der Waals surface area contributed by atoms with Gasteiger partial charge in [-0.25, -0.2) is 4.79 Å². The number of nitrogens with zero attached hydrogens (tertiary/aromatic N) is 1. The van der Waals surface area contributed by atoms with Crippen molar-refractivity contribution in [2.24, 2.45) is 0 Å². The molecule has 2 rings (SSSR count). The number of likely N-dealkylation sites (N-methyl/N-ethyl adjacent to an activating group) is 1. The van der Waals surface area contributed by atoms with Crippen molar-refractivity contribution < 1.29 is 14.3 Å². The summed E-state index contributed by atoms with van der Waals surface area (Å²) in [6.45, 7) is 2.47. The van der Waals surface area contributed by atoms with Crippen molar-refractivity contribution in [3.63, 3.8) is 0 Å². The van der Waals surface area contributed by atoms with Crippen molar-refractivity contribution >= 4 is 11.9 Å². The van der Waals surface area contributed by atoms with E-state index < -0.39 is 5.54 Å².